The minimum absolute atomic E-state index is 0.240. The highest BCUT2D eigenvalue weighted by molar-refractivity contribution is 5.89. The molecule has 2 aliphatic rings. The molecule has 7 heteroatoms. The second kappa shape index (κ2) is 14.7. The first kappa shape index (κ1) is 32.1. The Hall–Kier alpha value is -3.85. The third kappa shape index (κ3) is 7.09. The monoisotopic (exact) mass is 622 g/mol. The molecule has 6 atom stereocenters. The van der Waals surface area contributed by atoms with E-state index in [1.807, 2.05) is 110 Å². The summed E-state index contributed by atoms with van der Waals surface area (Å²) >= 11 is 0. The van der Waals surface area contributed by atoms with E-state index >= 15 is 0 Å². The van der Waals surface area contributed by atoms with E-state index in [2.05, 4.69) is 0 Å². The number of hydrogen-bond donors (Lipinski definition) is 1. The van der Waals surface area contributed by atoms with Crippen molar-refractivity contribution < 1.29 is 33.6 Å². The Morgan fingerprint density at radius 1 is 0.783 bits per heavy atom. The van der Waals surface area contributed by atoms with Crippen LogP contribution in [-0.2, 0) is 49.9 Å². The van der Waals surface area contributed by atoms with Crippen LogP contribution in [-0.4, -0.2) is 48.4 Å². The van der Waals surface area contributed by atoms with E-state index in [0.717, 1.165) is 40.7 Å². The van der Waals surface area contributed by atoms with E-state index in [0.29, 0.717) is 25.2 Å². The zero-order chi connectivity index (χ0) is 31.9. The van der Waals surface area contributed by atoms with Crippen LogP contribution in [0.3, 0.4) is 0 Å². The van der Waals surface area contributed by atoms with Gasteiger partial charge in [-0.2, -0.15) is 0 Å². The molecular formula is C39H42O7. The number of esters is 1. The van der Waals surface area contributed by atoms with Crippen LogP contribution in [0, 0.1) is 0 Å². The summed E-state index contributed by atoms with van der Waals surface area (Å²) in [6.07, 6.45) is -0.362. The molecule has 240 valence electrons. The minimum Gasteiger partial charge on any atom is -0.465 e. The standard InChI is InChI=1S/C39H42O7/c1-27-35(43-24-28-13-6-3-7-14-28)36(44-25-29-15-8-4-9-16-29)37(45-26-30-17-10-5-11-18-30)39(41,46-27)34-20-12-19-31-21-22-32(23-33(31)34)38(40)42-2/h3-11,13-18,21-23,27,34-37,41H,12,19-20,24-26H2,1-2H3/t27-,34+,35+,36+,37-,39+/m0/s1. The molecule has 46 heavy (non-hydrogen) atoms. The Morgan fingerprint density at radius 2 is 1.33 bits per heavy atom. The van der Waals surface area contributed by atoms with Gasteiger partial charge in [-0.1, -0.05) is 97.1 Å². The second-order valence-corrected chi connectivity index (χ2v) is 12.2. The number of hydrogen-bond acceptors (Lipinski definition) is 7. The molecule has 1 aliphatic carbocycles. The third-order valence-electron chi connectivity index (χ3n) is 9.09. The molecule has 1 saturated heterocycles. The molecule has 1 heterocycles. The van der Waals surface area contributed by atoms with Crippen molar-refractivity contribution in [2.45, 2.75) is 82.1 Å². The number of rotatable bonds is 11. The van der Waals surface area contributed by atoms with Crippen LogP contribution in [0.4, 0.5) is 0 Å². The first-order valence-electron chi connectivity index (χ1n) is 16.0. The Kier molecular flexibility index (Phi) is 10.3. The topological polar surface area (TPSA) is 83.5 Å². The highest BCUT2D eigenvalue weighted by Crippen LogP contribution is 2.48. The molecular weight excluding hydrogens is 580 g/mol. The number of carbonyl (C=O) groups is 1. The second-order valence-electron chi connectivity index (χ2n) is 12.2. The fourth-order valence-electron chi connectivity index (χ4n) is 6.78. The molecule has 6 rings (SSSR count). The maximum Gasteiger partial charge on any atom is 0.337 e. The van der Waals surface area contributed by atoms with Crippen molar-refractivity contribution in [2.75, 3.05) is 7.11 Å². The number of methoxy groups -OCH3 is 1. The summed E-state index contributed by atoms with van der Waals surface area (Å²) in [7, 11) is 1.37. The number of fused-ring (bicyclic) bond motifs is 1. The molecule has 0 unspecified atom stereocenters. The van der Waals surface area contributed by atoms with Gasteiger partial charge in [-0.3, -0.25) is 0 Å². The average Bonchev–Trinajstić information content (AvgIpc) is 3.10. The lowest BCUT2D eigenvalue weighted by Gasteiger charge is -2.53. The van der Waals surface area contributed by atoms with E-state index in [9.17, 15) is 9.90 Å². The minimum atomic E-state index is -1.79. The predicted molar refractivity (Wildman–Crippen MR) is 174 cm³/mol. The van der Waals surface area contributed by atoms with E-state index in [4.69, 9.17) is 23.7 Å². The zero-order valence-corrected chi connectivity index (χ0v) is 26.4. The quantitative estimate of drug-likeness (QED) is 0.185. The van der Waals surface area contributed by atoms with Gasteiger partial charge in [0.05, 0.1) is 38.6 Å². The van der Waals surface area contributed by atoms with E-state index in [1.54, 1.807) is 6.07 Å². The molecule has 0 radical (unpaired) electrons. The first-order valence-corrected chi connectivity index (χ1v) is 16.0. The number of aryl methyl sites for hydroxylation is 1. The summed E-state index contributed by atoms with van der Waals surface area (Å²) in [5.41, 5.74) is 5.35. The predicted octanol–water partition coefficient (Wildman–Crippen LogP) is 6.76. The van der Waals surface area contributed by atoms with Crippen LogP contribution >= 0.6 is 0 Å². The van der Waals surface area contributed by atoms with Gasteiger partial charge in [-0.05, 0) is 66.1 Å². The molecule has 1 aliphatic heterocycles. The lowest BCUT2D eigenvalue weighted by molar-refractivity contribution is -0.372. The van der Waals surface area contributed by atoms with Crippen LogP contribution < -0.4 is 0 Å². The third-order valence-corrected chi connectivity index (χ3v) is 9.09. The summed E-state index contributed by atoms with van der Waals surface area (Å²) in [5.74, 6) is -2.69. The SMILES string of the molecule is COC(=O)c1ccc2c(c1)[C@H]([C@@]1(O)O[C@@H](C)[C@@H](OCc3ccccc3)[C@@H](OCc3ccccc3)[C@@H]1OCc1ccccc1)CCC2. The van der Waals surface area contributed by atoms with E-state index in [-0.39, 0.29) is 6.61 Å². The summed E-state index contributed by atoms with van der Waals surface area (Å²) in [6, 6.07) is 35.4. The molecule has 1 N–H and O–H groups in total. The van der Waals surface area contributed by atoms with Gasteiger partial charge in [-0.15, -0.1) is 0 Å². The number of aliphatic hydroxyl groups is 1. The van der Waals surface area contributed by atoms with Gasteiger partial charge in [0.15, 0.2) is 0 Å². The Bertz CT molecular complexity index is 1560. The maximum atomic E-state index is 12.9. The van der Waals surface area contributed by atoms with Gasteiger partial charge in [-0.25, -0.2) is 4.79 Å². The van der Waals surface area contributed by atoms with Crippen LogP contribution in [0.2, 0.25) is 0 Å². The normalized spacial score (nSPS) is 25.8. The van der Waals surface area contributed by atoms with Crippen molar-refractivity contribution in [3.63, 3.8) is 0 Å². The summed E-state index contributed by atoms with van der Waals surface area (Å²) in [5, 5.41) is 12.9. The number of ether oxygens (including phenoxy) is 5. The maximum absolute atomic E-state index is 12.9. The van der Waals surface area contributed by atoms with Gasteiger partial charge in [0.1, 0.15) is 18.3 Å². The summed E-state index contributed by atoms with van der Waals surface area (Å²) < 4.78 is 31.7. The van der Waals surface area contributed by atoms with E-state index in [1.165, 1.54) is 7.11 Å². The molecule has 0 spiro atoms. The molecule has 0 saturated carbocycles. The molecule has 1 fully saturated rings. The Labute approximate surface area is 271 Å². The molecule has 7 nitrogen and oxygen atoms in total. The largest absolute Gasteiger partial charge is 0.465 e. The smallest absolute Gasteiger partial charge is 0.337 e. The highest BCUT2D eigenvalue weighted by atomic mass is 16.7. The molecule has 4 aromatic carbocycles. The zero-order valence-electron chi connectivity index (χ0n) is 26.4. The van der Waals surface area contributed by atoms with Crippen LogP contribution in [0.15, 0.2) is 109 Å². The van der Waals surface area contributed by atoms with Crippen molar-refractivity contribution in [1.82, 2.24) is 0 Å². The van der Waals surface area contributed by atoms with Gasteiger partial charge in [0.2, 0.25) is 5.79 Å². The van der Waals surface area contributed by atoms with Crippen molar-refractivity contribution >= 4 is 5.97 Å². The molecule has 0 aromatic heterocycles. The molecule has 0 bridgehead atoms. The first-order chi connectivity index (χ1) is 22.5. The van der Waals surface area contributed by atoms with Gasteiger partial charge in [0.25, 0.3) is 0 Å². The van der Waals surface area contributed by atoms with Crippen LogP contribution in [0.25, 0.3) is 0 Å². The van der Waals surface area contributed by atoms with Gasteiger partial charge >= 0.3 is 5.97 Å². The van der Waals surface area contributed by atoms with E-state index < -0.39 is 42.1 Å². The fraction of sp³-hybridized carbons (Fsp3) is 0.359. The molecule has 4 aromatic rings. The van der Waals surface area contributed by atoms with Crippen molar-refractivity contribution in [3.8, 4) is 0 Å². The van der Waals surface area contributed by atoms with Crippen molar-refractivity contribution in [2.24, 2.45) is 0 Å². The van der Waals surface area contributed by atoms with Gasteiger partial charge in [0, 0.05) is 5.92 Å². The number of carbonyl (C=O) groups excluding carboxylic acids is 1. The highest BCUT2D eigenvalue weighted by Gasteiger charge is 2.59. The summed E-state index contributed by atoms with van der Waals surface area (Å²) in [4.78, 5) is 12.6. The average molecular weight is 623 g/mol. The lowest BCUT2D eigenvalue weighted by Crippen LogP contribution is -2.68. The van der Waals surface area contributed by atoms with Crippen LogP contribution in [0.5, 0.6) is 0 Å². The Balaban J connectivity index is 1.40. The fourth-order valence-corrected chi connectivity index (χ4v) is 6.78. The summed E-state index contributed by atoms with van der Waals surface area (Å²) in [6.45, 7) is 2.81. The van der Waals surface area contributed by atoms with Crippen molar-refractivity contribution in [3.05, 3.63) is 143 Å². The van der Waals surface area contributed by atoms with Gasteiger partial charge < -0.3 is 28.8 Å². The number of benzene rings is 4. The van der Waals surface area contributed by atoms with Crippen LogP contribution in [0.1, 0.15) is 63.9 Å². The lowest BCUT2D eigenvalue weighted by atomic mass is 9.73. The Morgan fingerprint density at radius 3 is 1.89 bits per heavy atom. The molecule has 0 amide bonds. The van der Waals surface area contributed by atoms with Crippen molar-refractivity contribution in [1.29, 1.82) is 0 Å².